The Hall–Kier alpha value is -1.08. The monoisotopic (exact) mass is 376 g/mol. The molecule has 0 fully saturated rings. The minimum absolute atomic E-state index is 0.000864. The highest BCUT2D eigenvalue weighted by Gasteiger charge is 2.08. The maximum atomic E-state index is 10.4. The minimum atomic E-state index is -2.06. The van der Waals surface area contributed by atoms with Crippen LogP contribution in [0.4, 0.5) is 0 Å². The van der Waals surface area contributed by atoms with E-state index in [4.69, 9.17) is 5.11 Å². The zero-order valence-corrected chi connectivity index (χ0v) is 12.7. The van der Waals surface area contributed by atoms with Gasteiger partial charge in [0.2, 0.25) is 10.3 Å². The zero-order chi connectivity index (χ0) is 13.5. The predicted molar refractivity (Wildman–Crippen MR) is 82.9 cm³/mol. The van der Waals surface area contributed by atoms with Crippen molar-refractivity contribution in [3.63, 3.8) is 0 Å². The molecule has 96 valence electrons. The molecule has 0 aliphatic heterocycles. The summed E-state index contributed by atoms with van der Waals surface area (Å²) in [6, 6.07) is 7.25. The van der Waals surface area contributed by atoms with Crippen LogP contribution in [0.25, 0.3) is 0 Å². The summed E-state index contributed by atoms with van der Waals surface area (Å²) in [4.78, 5) is 0.447. The average molecular weight is 376 g/mol. The van der Waals surface area contributed by atoms with Crippen molar-refractivity contribution in [3.8, 4) is 5.75 Å². The van der Waals surface area contributed by atoms with Gasteiger partial charge in [-0.05, 0) is 24.6 Å². The Morgan fingerprint density at radius 1 is 1.22 bits per heavy atom. The van der Waals surface area contributed by atoms with Gasteiger partial charge >= 0.3 is 0 Å². The topological polar surface area (TPSA) is 54.4 Å². The molecule has 0 saturated heterocycles. The van der Waals surface area contributed by atoms with Crippen LogP contribution in [0.2, 0.25) is 0 Å². The van der Waals surface area contributed by atoms with E-state index in [1.807, 2.05) is 37.3 Å². The van der Waals surface area contributed by atoms with E-state index in [0.29, 0.717) is 10.6 Å². The summed E-state index contributed by atoms with van der Waals surface area (Å²) < 4.78 is 20.9. The van der Waals surface area contributed by atoms with Crippen LogP contribution in [0.5, 0.6) is 5.75 Å². The second kappa shape index (κ2) is 7.38. The lowest BCUT2D eigenvalue weighted by atomic mass is 10.2. The molecule has 2 rings (SSSR count). The van der Waals surface area contributed by atoms with Crippen LogP contribution in [0.1, 0.15) is 5.56 Å². The number of benzene rings is 1. The van der Waals surface area contributed by atoms with Gasteiger partial charge in [0.1, 0.15) is 5.75 Å². The summed E-state index contributed by atoms with van der Waals surface area (Å²) in [5.74, 6) is 0.368. The molecule has 0 bridgehead atoms. The van der Waals surface area contributed by atoms with Gasteiger partial charge in [-0.25, -0.2) is 0 Å². The molecule has 0 spiro atoms. The molecule has 1 aromatic carbocycles. The van der Waals surface area contributed by atoms with Crippen LogP contribution in [-0.4, -0.2) is 22.3 Å². The maximum Gasteiger partial charge on any atom is 0.218 e. The molecule has 1 aliphatic carbocycles. The third-order valence-corrected chi connectivity index (χ3v) is 4.52. The van der Waals surface area contributed by atoms with Crippen molar-refractivity contribution in [1.82, 2.24) is 0 Å². The summed E-state index contributed by atoms with van der Waals surface area (Å²) in [6.45, 7) is 1.87. The van der Waals surface area contributed by atoms with Crippen molar-refractivity contribution < 1.29 is 13.5 Å². The molecule has 1 N–H and O–H groups in total. The fraction of sp³-hybridized carbons (Fsp3) is 0.154. The fourth-order valence-electron chi connectivity index (χ4n) is 1.21. The molecule has 0 radical (unpaired) electrons. The lowest BCUT2D eigenvalue weighted by molar-refractivity contribution is 0.471. The Morgan fingerprint density at radius 3 is 2.28 bits per heavy atom. The van der Waals surface area contributed by atoms with Crippen molar-refractivity contribution in [2.24, 2.45) is 0 Å². The van der Waals surface area contributed by atoms with E-state index in [1.165, 1.54) is 0 Å². The molecular formula is C13H13IO3S. The Kier molecular flexibility index (Phi) is 6.14. The number of phenolic OH excluding ortho intramolecular Hbond substituents is 1. The highest BCUT2D eigenvalue weighted by Crippen LogP contribution is 2.12. The van der Waals surface area contributed by atoms with Gasteiger partial charge in [-0.1, -0.05) is 59.0 Å². The summed E-state index contributed by atoms with van der Waals surface area (Å²) in [5, 5.41) is 8.92. The van der Waals surface area contributed by atoms with Gasteiger partial charge in [-0.15, -0.1) is 0 Å². The molecule has 1 atom stereocenters. The van der Waals surface area contributed by atoms with Gasteiger partial charge < -0.3 is 5.11 Å². The van der Waals surface area contributed by atoms with Gasteiger partial charge in [0.25, 0.3) is 0 Å². The first kappa shape index (κ1) is 15.0. The molecule has 1 aliphatic rings. The van der Waals surface area contributed by atoms with Crippen LogP contribution >= 0.6 is 22.6 Å². The number of alkyl halides is 1. The van der Waals surface area contributed by atoms with Gasteiger partial charge in [0.05, 0.1) is 8.79 Å². The number of phenols is 1. The Labute approximate surface area is 122 Å². The predicted octanol–water partition coefficient (Wildman–Crippen LogP) is 2.67. The van der Waals surface area contributed by atoms with E-state index in [2.05, 4.69) is 22.6 Å². The zero-order valence-electron chi connectivity index (χ0n) is 9.75. The van der Waals surface area contributed by atoms with Crippen molar-refractivity contribution in [1.29, 1.82) is 0 Å². The van der Waals surface area contributed by atoms with Crippen molar-refractivity contribution in [3.05, 3.63) is 54.1 Å². The SMILES string of the molecule is Cc1ccccc1O.O=S(=O)=C1C=CC=CC1I. The van der Waals surface area contributed by atoms with Crippen LogP contribution < -0.4 is 0 Å². The lowest BCUT2D eigenvalue weighted by Gasteiger charge is -2.02. The average Bonchev–Trinajstić information content (AvgIpc) is 2.34. The van der Waals surface area contributed by atoms with Gasteiger partial charge in [-0.2, -0.15) is 8.42 Å². The number of aromatic hydroxyl groups is 1. The van der Waals surface area contributed by atoms with Gasteiger partial charge in [0, 0.05) is 0 Å². The van der Waals surface area contributed by atoms with Crippen molar-refractivity contribution in [2.75, 3.05) is 0 Å². The number of aryl methyl sites for hydroxylation is 1. The molecular weight excluding hydrogens is 363 g/mol. The first-order valence-corrected chi connectivity index (χ1v) is 7.54. The van der Waals surface area contributed by atoms with Gasteiger partial charge in [-0.3, -0.25) is 0 Å². The van der Waals surface area contributed by atoms with E-state index < -0.39 is 10.3 Å². The Bertz CT molecular complexity index is 571. The molecule has 3 nitrogen and oxygen atoms in total. The summed E-state index contributed by atoms with van der Waals surface area (Å²) in [5.41, 5.74) is 0.924. The largest absolute Gasteiger partial charge is 0.508 e. The molecule has 0 heterocycles. The number of halogens is 1. The molecule has 1 unspecified atom stereocenters. The van der Waals surface area contributed by atoms with E-state index in [0.717, 1.165) is 5.56 Å². The number of hydrogen-bond acceptors (Lipinski definition) is 3. The Morgan fingerprint density at radius 2 is 1.89 bits per heavy atom. The molecule has 18 heavy (non-hydrogen) atoms. The smallest absolute Gasteiger partial charge is 0.218 e. The van der Waals surface area contributed by atoms with Crippen LogP contribution in [0, 0.1) is 6.92 Å². The first-order chi connectivity index (χ1) is 8.52. The Balaban J connectivity index is 0.000000184. The highest BCUT2D eigenvalue weighted by atomic mass is 127. The third-order valence-electron chi connectivity index (χ3n) is 2.23. The number of para-hydroxylation sites is 1. The molecule has 0 amide bonds. The quantitative estimate of drug-likeness (QED) is 0.430. The van der Waals surface area contributed by atoms with Crippen LogP contribution in [0.3, 0.4) is 0 Å². The number of allylic oxidation sites excluding steroid dienone is 4. The summed E-state index contributed by atoms with van der Waals surface area (Å²) in [7, 11) is -2.06. The van der Waals surface area contributed by atoms with Crippen molar-refractivity contribution in [2.45, 2.75) is 10.8 Å². The van der Waals surface area contributed by atoms with E-state index in [9.17, 15) is 8.42 Å². The van der Waals surface area contributed by atoms with E-state index >= 15 is 0 Å². The normalized spacial score (nSPS) is 17.0. The fourth-order valence-corrected chi connectivity index (χ4v) is 2.73. The second-order valence-corrected chi connectivity index (χ2v) is 5.85. The van der Waals surface area contributed by atoms with Crippen molar-refractivity contribution >= 4 is 37.7 Å². The summed E-state index contributed by atoms with van der Waals surface area (Å²) >= 11 is 2.07. The maximum absolute atomic E-state index is 10.4. The first-order valence-electron chi connectivity index (χ1n) is 5.22. The molecule has 0 aromatic heterocycles. The minimum Gasteiger partial charge on any atom is -0.508 e. The van der Waals surface area contributed by atoms with E-state index in [1.54, 1.807) is 18.2 Å². The molecule has 0 saturated carbocycles. The lowest BCUT2D eigenvalue weighted by Crippen LogP contribution is -2.11. The van der Waals surface area contributed by atoms with E-state index in [-0.39, 0.29) is 3.92 Å². The second-order valence-electron chi connectivity index (χ2n) is 3.57. The standard InChI is InChI=1S/C7H8O.C6H5IO2S/c1-6-4-2-3-5-7(6)8;7-5-3-1-2-4-6(5)10(8)9/h2-5,8H,1H3;1-5H. The summed E-state index contributed by atoms with van der Waals surface area (Å²) in [6.07, 6.45) is 7.01. The number of hydrogen-bond donors (Lipinski definition) is 1. The van der Waals surface area contributed by atoms with Gasteiger partial charge in [0.15, 0.2) is 0 Å². The third kappa shape index (κ3) is 4.66. The molecule has 5 heteroatoms. The molecule has 1 aromatic rings. The number of rotatable bonds is 0. The van der Waals surface area contributed by atoms with Crippen LogP contribution in [0.15, 0.2) is 48.6 Å². The highest BCUT2D eigenvalue weighted by molar-refractivity contribution is 14.1. The van der Waals surface area contributed by atoms with Crippen LogP contribution in [-0.2, 0) is 10.3 Å².